The third kappa shape index (κ3) is 4.40. The number of hydrogen-bond acceptors (Lipinski definition) is 4. The topological polar surface area (TPSA) is 58.6 Å². The summed E-state index contributed by atoms with van der Waals surface area (Å²) in [5.41, 5.74) is 5.49. The summed E-state index contributed by atoms with van der Waals surface area (Å²) in [6.45, 7) is 9.36. The van der Waals surface area contributed by atoms with Gasteiger partial charge >= 0.3 is 0 Å². The van der Waals surface area contributed by atoms with Crippen LogP contribution in [0.2, 0.25) is 0 Å². The number of carbonyl (C=O) groups is 2. The van der Waals surface area contributed by atoms with Crippen molar-refractivity contribution in [3.8, 4) is 0 Å². The zero-order valence-corrected chi connectivity index (χ0v) is 17.5. The van der Waals surface area contributed by atoms with Crippen LogP contribution in [0.5, 0.6) is 0 Å². The number of carbonyl (C=O) groups excluding carboxylic acids is 2. The van der Waals surface area contributed by atoms with Crippen molar-refractivity contribution in [3.05, 3.63) is 70.4 Å². The highest BCUT2D eigenvalue weighted by Gasteiger charge is 2.39. The van der Waals surface area contributed by atoms with Crippen molar-refractivity contribution in [1.29, 1.82) is 0 Å². The minimum atomic E-state index is -0.287. The lowest BCUT2D eigenvalue weighted by Crippen LogP contribution is -2.34. The van der Waals surface area contributed by atoms with Crippen LogP contribution in [0.15, 0.2) is 48.2 Å². The maximum Gasteiger partial charge on any atom is 0.278 e. The molecule has 152 valence electrons. The second-order valence-electron chi connectivity index (χ2n) is 7.32. The Labute approximate surface area is 172 Å². The summed E-state index contributed by atoms with van der Waals surface area (Å²) in [6.07, 6.45) is 0.614. The van der Waals surface area contributed by atoms with Crippen LogP contribution >= 0.6 is 0 Å². The first kappa shape index (κ1) is 20.8. The highest BCUT2D eigenvalue weighted by molar-refractivity contribution is 6.36. The molecule has 3 rings (SSSR count). The molecule has 2 aromatic rings. The number of imide groups is 1. The fourth-order valence-electron chi connectivity index (χ4n) is 3.56. The molecule has 0 atom stereocenters. The van der Waals surface area contributed by atoms with Crippen LogP contribution in [0.3, 0.4) is 0 Å². The van der Waals surface area contributed by atoms with E-state index in [1.807, 2.05) is 70.2 Å². The first-order valence-electron chi connectivity index (χ1n) is 10.0. The summed E-state index contributed by atoms with van der Waals surface area (Å²) in [5.74, 6) is -0.542. The number of aryl methyl sites for hydroxylation is 3. The molecule has 1 N–H and O–H groups in total. The Hall–Kier alpha value is -2.92. The predicted octanol–water partition coefficient (Wildman–Crippen LogP) is 4.23. The fourth-order valence-corrected chi connectivity index (χ4v) is 3.56. The van der Waals surface area contributed by atoms with E-state index in [2.05, 4.69) is 5.32 Å². The van der Waals surface area contributed by atoms with Gasteiger partial charge in [-0.15, -0.1) is 0 Å². The van der Waals surface area contributed by atoms with Gasteiger partial charge in [-0.05, 0) is 56.9 Å². The molecule has 0 aromatic heterocycles. The molecular weight excluding hydrogens is 364 g/mol. The smallest absolute Gasteiger partial charge is 0.278 e. The van der Waals surface area contributed by atoms with Crippen molar-refractivity contribution < 1.29 is 14.3 Å². The Morgan fingerprint density at radius 3 is 2.41 bits per heavy atom. The van der Waals surface area contributed by atoms with Gasteiger partial charge in [0.2, 0.25) is 0 Å². The highest BCUT2D eigenvalue weighted by Crippen LogP contribution is 2.33. The molecule has 0 fully saturated rings. The fraction of sp³-hybridized carbons (Fsp3) is 0.333. The van der Waals surface area contributed by atoms with Crippen LogP contribution in [0.4, 0.5) is 5.69 Å². The molecular formula is C24H28N2O3. The minimum Gasteiger partial charge on any atom is -0.382 e. The van der Waals surface area contributed by atoms with Gasteiger partial charge in [0, 0.05) is 25.4 Å². The van der Waals surface area contributed by atoms with Gasteiger partial charge < -0.3 is 10.1 Å². The molecule has 5 nitrogen and oxygen atoms in total. The summed E-state index contributed by atoms with van der Waals surface area (Å²) >= 11 is 0. The Morgan fingerprint density at radius 1 is 0.966 bits per heavy atom. The highest BCUT2D eigenvalue weighted by atomic mass is 16.5. The van der Waals surface area contributed by atoms with E-state index in [1.54, 1.807) is 0 Å². The summed E-state index contributed by atoms with van der Waals surface area (Å²) < 4.78 is 5.37. The second kappa shape index (κ2) is 9.05. The number of ether oxygens (including phenoxy) is 1. The van der Waals surface area contributed by atoms with Crippen LogP contribution in [-0.4, -0.2) is 36.5 Å². The molecule has 2 amide bonds. The van der Waals surface area contributed by atoms with Crippen LogP contribution in [0.25, 0.3) is 5.57 Å². The molecule has 1 aliphatic heterocycles. The first-order valence-corrected chi connectivity index (χ1v) is 10.0. The van der Waals surface area contributed by atoms with Gasteiger partial charge in [-0.2, -0.15) is 0 Å². The van der Waals surface area contributed by atoms with E-state index in [0.29, 0.717) is 37.4 Å². The molecule has 0 unspecified atom stereocenters. The standard InChI is InChI=1S/C24H28N2O3/c1-5-29-14-8-13-26-23(27)21(19-12-11-16(2)15-18(19)4)22(24(26)28)25-20-10-7-6-9-17(20)3/h6-7,9-12,15,25H,5,8,13-14H2,1-4H3. The van der Waals surface area contributed by atoms with Crippen molar-refractivity contribution >= 4 is 23.1 Å². The zero-order chi connectivity index (χ0) is 21.0. The molecule has 29 heavy (non-hydrogen) atoms. The third-order valence-corrected chi connectivity index (χ3v) is 5.10. The van der Waals surface area contributed by atoms with Gasteiger partial charge in [-0.1, -0.05) is 42.0 Å². The van der Waals surface area contributed by atoms with E-state index in [0.717, 1.165) is 27.9 Å². The largest absolute Gasteiger partial charge is 0.382 e. The first-order chi connectivity index (χ1) is 13.9. The molecule has 0 saturated carbocycles. The number of nitrogens with zero attached hydrogens (tertiary/aromatic N) is 1. The number of nitrogens with one attached hydrogen (secondary N) is 1. The van der Waals surface area contributed by atoms with E-state index in [9.17, 15) is 9.59 Å². The monoisotopic (exact) mass is 392 g/mol. The molecule has 0 spiro atoms. The SMILES string of the molecule is CCOCCCN1C(=O)C(Nc2ccccc2C)=C(c2ccc(C)cc2C)C1=O. The van der Waals surface area contributed by atoms with E-state index in [4.69, 9.17) is 4.74 Å². The maximum atomic E-state index is 13.3. The lowest BCUT2D eigenvalue weighted by Gasteiger charge is -2.15. The van der Waals surface area contributed by atoms with Gasteiger partial charge in [0.25, 0.3) is 11.8 Å². The average molecular weight is 392 g/mol. The number of amides is 2. The molecule has 0 saturated heterocycles. The van der Waals surface area contributed by atoms with Crippen molar-refractivity contribution in [2.75, 3.05) is 25.1 Å². The zero-order valence-electron chi connectivity index (χ0n) is 17.5. The Balaban J connectivity index is 2.00. The average Bonchev–Trinajstić information content (AvgIpc) is 2.91. The van der Waals surface area contributed by atoms with E-state index < -0.39 is 0 Å². The number of hydrogen-bond donors (Lipinski definition) is 1. The van der Waals surface area contributed by atoms with Crippen LogP contribution in [0, 0.1) is 20.8 Å². The van der Waals surface area contributed by atoms with Crippen molar-refractivity contribution in [2.24, 2.45) is 0 Å². The lowest BCUT2D eigenvalue weighted by atomic mass is 9.97. The van der Waals surface area contributed by atoms with Gasteiger partial charge in [0.1, 0.15) is 5.70 Å². The van der Waals surface area contributed by atoms with Crippen molar-refractivity contribution in [2.45, 2.75) is 34.1 Å². The van der Waals surface area contributed by atoms with Gasteiger partial charge in [-0.3, -0.25) is 14.5 Å². The van der Waals surface area contributed by atoms with Crippen molar-refractivity contribution in [1.82, 2.24) is 4.90 Å². The van der Waals surface area contributed by atoms with Crippen molar-refractivity contribution in [3.63, 3.8) is 0 Å². The number of para-hydroxylation sites is 1. The molecule has 0 radical (unpaired) electrons. The van der Waals surface area contributed by atoms with E-state index >= 15 is 0 Å². The van der Waals surface area contributed by atoms with E-state index in [-0.39, 0.29) is 11.8 Å². The number of benzene rings is 2. The quantitative estimate of drug-likeness (QED) is 0.539. The minimum absolute atomic E-state index is 0.255. The van der Waals surface area contributed by atoms with Crippen LogP contribution in [0.1, 0.15) is 35.6 Å². The Kier molecular flexibility index (Phi) is 6.49. The summed E-state index contributed by atoms with van der Waals surface area (Å²) in [5, 5.41) is 3.25. The normalized spacial score (nSPS) is 14.1. The van der Waals surface area contributed by atoms with Crippen LogP contribution in [-0.2, 0) is 14.3 Å². The molecule has 2 aromatic carbocycles. The Bertz CT molecular complexity index is 962. The summed E-state index contributed by atoms with van der Waals surface area (Å²) in [7, 11) is 0. The molecule has 5 heteroatoms. The number of anilines is 1. The van der Waals surface area contributed by atoms with Gasteiger partial charge in [0.05, 0.1) is 5.57 Å². The molecule has 0 bridgehead atoms. The van der Waals surface area contributed by atoms with Gasteiger partial charge in [0.15, 0.2) is 0 Å². The van der Waals surface area contributed by atoms with Gasteiger partial charge in [-0.25, -0.2) is 0 Å². The molecule has 0 aliphatic carbocycles. The van der Waals surface area contributed by atoms with E-state index in [1.165, 1.54) is 4.90 Å². The second-order valence-corrected chi connectivity index (χ2v) is 7.32. The number of rotatable bonds is 8. The predicted molar refractivity (Wildman–Crippen MR) is 115 cm³/mol. The molecule has 1 heterocycles. The van der Waals surface area contributed by atoms with Crippen LogP contribution < -0.4 is 5.32 Å². The lowest BCUT2D eigenvalue weighted by molar-refractivity contribution is -0.137. The molecule has 1 aliphatic rings. The third-order valence-electron chi connectivity index (χ3n) is 5.10. The Morgan fingerprint density at radius 2 is 1.72 bits per heavy atom. The summed E-state index contributed by atoms with van der Waals surface area (Å²) in [4.78, 5) is 27.8. The maximum absolute atomic E-state index is 13.3. The summed E-state index contributed by atoms with van der Waals surface area (Å²) in [6, 6.07) is 13.7.